The minimum absolute atomic E-state index is 0.0559. The summed E-state index contributed by atoms with van der Waals surface area (Å²) in [5.74, 6) is -1.22. The molecule has 1 aliphatic rings. The van der Waals surface area contributed by atoms with Crippen LogP contribution in [0.4, 0.5) is 0 Å². The topological polar surface area (TPSA) is 95.9 Å². The van der Waals surface area contributed by atoms with Crippen LogP contribution in [0.3, 0.4) is 0 Å². The SMILES string of the molecule is Cc1c(C(=O)O)cc(Cl)cc1S(=O)(=O)NN1CCOCC1. The summed E-state index contributed by atoms with van der Waals surface area (Å²) in [5, 5.41) is 10.7. The van der Waals surface area contributed by atoms with Crippen molar-refractivity contribution in [2.45, 2.75) is 11.8 Å². The number of ether oxygens (including phenoxy) is 1. The molecule has 2 N–H and O–H groups in total. The van der Waals surface area contributed by atoms with Crippen LogP contribution in [-0.2, 0) is 14.8 Å². The number of nitrogens with zero attached hydrogens (tertiary/aromatic N) is 1. The van der Waals surface area contributed by atoms with Crippen molar-refractivity contribution in [2.24, 2.45) is 0 Å². The van der Waals surface area contributed by atoms with Crippen molar-refractivity contribution in [3.63, 3.8) is 0 Å². The van der Waals surface area contributed by atoms with E-state index in [0.717, 1.165) is 0 Å². The Hall–Kier alpha value is -1.19. The molecule has 0 amide bonds. The van der Waals surface area contributed by atoms with E-state index in [0.29, 0.717) is 26.3 Å². The Morgan fingerprint density at radius 1 is 1.38 bits per heavy atom. The fourth-order valence-corrected chi connectivity index (χ4v) is 3.73. The highest BCUT2D eigenvalue weighted by atomic mass is 35.5. The standard InChI is InChI=1S/C12H15ClN2O5S/c1-8-10(12(16)17)6-9(13)7-11(8)21(18,19)14-15-2-4-20-5-3-15/h6-7,14H,2-5H2,1H3,(H,16,17). The number of rotatable bonds is 4. The highest BCUT2D eigenvalue weighted by molar-refractivity contribution is 7.89. The Balaban J connectivity index is 2.37. The van der Waals surface area contributed by atoms with Crippen LogP contribution >= 0.6 is 11.6 Å². The van der Waals surface area contributed by atoms with Gasteiger partial charge in [0, 0.05) is 18.1 Å². The van der Waals surface area contributed by atoms with Gasteiger partial charge in [-0.3, -0.25) is 0 Å². The fourth-order valence-electron chi connectivity index (χ4n) is 2.03. The molecule has 0 radical (unpaired) electrons. The van der Waals surface area contributed by atoms with Crippen molar-refractivity contribution in [1.29, 1.82) is 0 Å². The fraction of sp³-hybridized carbons (Fsp3) is 0.417. The number of hydrogen-bond donors (Lipinski definition) is 2. The normalized spacial score (nSPS) is 16.9. The van der Waals surface area contributed by atoms with Gasteiger partial charge in [-0.1, -0.05) is 11.6 Å². The quantitative estimate of drug-likeness (QED) is 0.848. The molecule has 21 heavy (non-hydrogen) atoms. The lowest BCUT2D eigenvalue weighted by Crippen LogP contribution is -2.48. The maximum Gasteiger partial charge on any atom is 0.336 e. The monoisotopic (exact) mass is 334 g/mol. The third-order valence-corrected chi connectivity index (χ3v) is 4.82. The second kappa shape index (κ2) is 6.29. The van der Waals surface area contributed by atoms with Gasteiger partial charge in [-0.15, -0.1) is 4.83 Å². The zero-order valence-corrected chi connectivity index (χ0v) is 12.9. The molecule has 0 spiro atoms. The van der Waals surface area contributed by atoms with Gasteiger partial charge in [-0.25, -0.2) is 18.2 Å². The summed E-state index contributed by atoms with van der Waals surface area (Å²) < 4.78 is 29.9. The van der Waals surface area contributed by atoms with E-state index in [1.165, 1.54) is 24.1 Å². The van der Waals surface area contributed by atoms with E-state index < -0.39 is 16.0 Å². The predicted molar refractivity (Wildman–Crippen MR) is 75.9 cm³/mol. The number of benzene rings is 1. The van der Waals surface area contributed by atoms with Crippen molar-refractivity contribution in [2.75, 3.05) is 26.3 Å². The number of aromatic carboxylic acids is 1. The van der Waals surface area contributed by atoms with Crippen LogP contribution in [0.1, 0.15) is 15.9 Å². The highest BCUT2D eigenvalue weighted by Gasteiger charge is 2.25. The van der Waals surface area contributed by atoms with Crippen LogP contribution in [0.25, 0.3) is 0 Å². The Morgan fingerprint density at radius 3 is 2.57 bits per heavy atom. The Kier molecular flexibility index (Phi) is 4.84. The number of carbonyl (C=O) groups is 1. The second-order valence-corrected chi connectivity index (χ2v) is 6.64. The van der Waals surface area contributed by atoms with Gasteiger partial charge in [0.05, 0.1) is 23.7 Å². The molecule has 116 valence electrons. The zero-order valence-electron chi connectivity index (χ0n) is 11.3. The number of nitrogens with one attached hydrogen (secondary N) is 1. The summed E-state index contributed by atoms with van der Waals surface area (Å²) in [6.45, 7) is 3.14. The minimum atomic E-state index is -3.90. The summed E-state index contributed by atoms with van der Waals surface area (Å²) >= 11 is 5.83. The van der Waals surface area contributed by atoms with Crippen LogP contribution in [0.15, 0.2) is 17.0 Å². The molecule has 1 saturated heterocycles. The van der Waals surface area contributed by atoms with Crippen molar-refractivity contribution >= 4 is 27.6 Å². The van der Waals surface area contributed by atoms with E-state index in [1.807, 2.05) is 0 Å². The first kappa shape index (κ1) is 16.2. The molecule has 1 aliphatic heterocycles. The lowest BCUT2D eigenvalue weighted by Gasteiger charge is -2.27. The second-order valence-electron chi connectivity index (χ2n) is 4.58. The van der Waals surface area contributed by atoms with Gasteiger partial charge in [0.2, 0.25) is 0 Å². The van der Waals surface area contributed by atoms with Gasteiger partial charge < -0.3 is 9.84 Å². The number of hydrazine groups is 1. The third kappa shape index (κ3) is 3.72. The third-order valence-electron chi connectivity index (χ3n) is 3.11. The van der Waals surface area contributed by atoms with Gasteiger partial charge in [-0.05, 0) is 24.6 Å². The number of hydrogen-bond acceptors (Lipinski definition) is 5. The first-order valence-corrected chi connectivity index (χ1v) is 8.06. The smallest absolute Gasteiger partial charge is 0.336 e. The molecule has 1 heterocycles. The van der Waals surface area contributed by atoms with E-state index >= 15 is 0 Å². The average Bonchev–Trinajstić information content (AvgIpc) is 2.41. The number of morpholine rings is 1. The van der Waals surface area contributed by atoms with Crippen LogP contribution in [0, 0.1) is 6.92 Å². The minimum Gasteiger partial charge on any atom is -0.478 e. The van der Waals surface area contributed by atoms with Gasteiger partial charge in [0.25, 0.3) is 10.0 Å². The van der Waals surface area contributed by atoms with E-state index in [-0.39, 0.29) is 21.0 Å². The van der Waals surface area contributed by atoms with Crippen LogP contribution < -0.4 is 4.83 Å². The average molecular weight is 335 g/mol. The van der Waals surface area contributed by atoms with Crippen molar-refractivity contribution in [3.05, 3.63) is 28.3 Å². The molecule has 1 aromatic carbocycles. The Labute approximate surface area is 127 Å². The molecule has 1 aromatic rings. The molecule has 1 fully saturated rings. The van der Waals surface area contributed by atoms with Gasteiger partial charge in [0.1, 0.15) is 0 Å². The molecule has 0 aliphatic carbocycles. The van der Waals surface area contributed by atoms with Crippen LogP contribution in [0.5, 0.6) is 0 Å². The number of halogens is 1. The Bertz CT molecular complexity index is 656. The van der Waals surface area contributed by atoms with Gasteiger partial charge in [-0.2, -0.15) is 0 Å². The molecule has 7 nitrogen and oxygen atoms in total. The maximum absolute atomic E-state index is 12.4. The number of carboxylic acids is 1. The van der Waals surface area contributed by atoms with Crippen molar-refractivity contribution in [1.82, 2.24) is 9.84 Å². The molecule has 0 aromatic heterocycles. The first-order chi connectivity index (χ1) is 9.81. The maximum atomic E-state index is 12.4. The van der Waals surface area contributed by atoms with Crippen LogP contribution in [0.2, 0.25) is 5.02 Å². The zero-order chi connectivity index (χ0) is 15.6. The first-order valence-electron chi connectivity index (χ1n) is 6.20. The van der Waals surface area contributed by atoms with Crippen LogP contribution in [-0.4, -0.2) is 50.8 Å². The molecule has 0 bridgehead atoms. The molecule has 9 heteroatoms. The summed E-state index contributed by atoms with van der Waals surface area (Å²) in [4.78, 5) is 13.4. The summed E-state index contributed by atoms with van der Waals surface area (Å²) in [6, 6.07) is 2.47. The lowest BCUT2D eigenvalue weighted by molar-refractivity contribution is 0.0272. The summed E-state index contributed by atoms with van der Waals surface area (Å²) in [6.07, 6.45) is 0. The summed E-state index contributed by atoms with van der Waals surface area (Å²) in [7, 11) is -3.90. The predicted octanol–water partition coefficient (Wildman–Crippen LogP) is 0.872. The largest absolute Gasteiger partial charge is 0.478 e. The Morgan fingerprint density at radius 2 is 2.00 bits per heavy atom. The molecule has 0 unspecified atom stereocenters. The van der Waals surface area contributed by atoms with Crippen molar-refractivity contribution in [3.8, 4) is 0 Å². The summed E-state index contributed by atoms with van der Waals surface area (Å²) in [5.41, 5.74) is 0.0116. The molecule has 2 rings (SSSR count). The molecule has 0 saturated carbocycles. The van der Waals surface area contributed by atoms with Gasteiger partial charge in [0.15, 0.2) is 0 Å². The van der Waals surface area contributed by atoms with E-state index in [9.17, 15) is 13.2 Å². The lowest BCUT2D eigenvalue weighted by atomic mass is 10.1. The molecule has 0 atom stereocenters. The van der Waals surface area contributed by atoms with E-state index in [1.54, 1.807) is 0 Å². The van der Waals surface area contributed by atoms with Crippen molar-refractivity contribution < 1.29 is 23.1 Å². The molecular formula is C12H15ClN2O5S. The highest BCUT2D eigenvalue weighted by Crippen LogP contribution is 2.24. The molecular weight excluding hydrogens is 320 g/mol. The number of carboxylic acid groups (broad SMARTS) is 1. The van der Waals surface area contributed by atoms with Gasteiger partial charge >= 0.3 is 5.97 Å². The van der Waals surface area contributed by atoms with E-state index in [2.05, 4.69) is 4.83 Å². The number of sulfonamides is 1. The van der Waals surface area contributed by atoms with E-state index in [4.69, 9.17) is 21.4 Å².